The Bertz CT molecular complexity index is 456. The largest absolute Gasteiger partial charge is 0.336 e. The van der Waals surface area contributed by atoms with E-state index in [2.05, 4.69) is 41.6 Å². The van der Waals surface area contributed by atoms with Crippen LogP contribution in [0.4, 0.5) is 0 Å². The first kappa shape index (κ1) is 15.5. The van der Waals surface area contributed by atoms with Gasteiger partial charge in [-0.3, -0.25) is 9.69 Å². The molecule has 1 aromatic carbocycles. The van der Waals surface area contributed by atoms with E-state index in [4.69, 9.17) is 0 Å². The van der Waals surface area contributed by atoms with Crippen LogP contribution in [0.15, 0.2) is 28.7 Å². The monoisotopic (exact) mass is 338 g/mol. The van der Waals surface area contributed by atoms with Crippen molar-refractivity contribution in [2.45, 2.75) is 20.8 Å². The Morgan fingerprint density at radius 2 is 1.65 bits per heavy atom. The van der Waals surface area contributed by atoms with E-state index in [0.29, 0.717) is 5.41 Å². The normalized spacial score (nSPS) is 17.3. The van der Waals surface area contributed by atoms with E-state index in [1.807, 2.05) is 29.2 Å². The maximum Gasteiger partial charge on any atom is 0.253 e. The van der Waals surface area contributed by atoms with Crippen molar-refractivity contribution < 1.29 is 4.79 Å². The summed E-state index contributed by atoms with van der Waals surface area (Å²) in [7, 11) is 0. The number of hydrogen-bond donors (Lipinski definition) is 0. The van der Waals surface area contributed by atoms with Crippen molar-refractivity contribution in [2.75, 3.05) is 32.7 Å². The molecule has 0 aliphatic carbocycles. The molecule has 0 radical (unpaired) electrons. The van der Waals surface area contributed by atoms with Crippen LogP contribution in [0.25, 0.3) is 0 Å². The lowest BCUT2D eigenvalue weighted by Gasteiger charge is -2.37. The first-order valence-corrected chi connectivity index (χ1v) is 7.92. The number of hydrogen-bond acceptors (Lipinski definition) is 2. The highest BCUT2D eigenvalue weighted by molar-refractivity contribution is 9.10. The summed E-state index contributed by atoms with van der Waals surface area (Å²) in [6.07, 6.45) is 0. The quantitative estimate of drug-likeness (QED) is 0.826. The summed E-state index contributed by atoms with van der Waals surface area (Å²) in [6, 6.07) is 7.61. The van der Waals surface area contributed by atoms with Gasteiger partial charge in [0, 0.05) is 42.8 Å². The molecule has 3 nitrogen and oxygen atoms in total. The minimum Gasteiger partial charge on any atom is -0.336 e. The van der Waals surface area contributed by atoms with Crippen molar-refractivity contribution in [1.29, 1.82) is 0 Å². The van der Waals surface area contributed by atoms with Crippen molar-refractivity contribution in [1.82, 2.24) is 9.80 Å². The molecule has 0 saturated carbocycles. The SMILES string of the molecule is CC(C)(C)CN1CCN(C(=O)c2ccc(Br)cc2)CC1. The molecule has 1 aliphatic rings. The van der Waals surface area contributed by atoms with Gasteiger partial charge in [-0.1, -0.05) is 36.7 Å². The van der Waals surface area contributed by atoms with Crippen LogP contribution < -0.4 is 0 Å². The van der Waals surface area contributed by atoms with E-state index in [-0.39, 0.29) is 5.91 Å². The molecule has 1 aliphatic heterocycles. The number of piperazine rings is 1. The number of halogens is 1. The molecule has 20 heavy (non-hydrogen) atoms. The Hall–Kier alpha value is -0.870. The minimum absolute atomic E-state index is 0.146. The van der Waals surface area contributed by atoms with Crippen molar-refractivity contribution in [3.63, 3.8) is 0 Å². The van der Waals surface area contributed by atoms with E-state index in [0.717, 1.165) is 42.8 Å². The van der Waals surface area contributed by atoms with E-state index in [1.54, 1.807) is 0 Å². The molecule has 1 heterocycles. The number of carbonyl (C=O) groups is 1. The molecule has 0 spiro atoms. The molecule has 1 saturated heterocycles. The second-order valence-corrected chi connectivity index (χ2v) is 7.55. The summed E-state index contributed by atoms with van der Waals surface area (Å²) in [4.78, 5) is 16.8. The van der Waals surface area contributed by atoms with Gasteiger partial charge in [-0.15, -0.1) is 0 Å². The maximum absolute atomic E-state index is 12.4. The van der Waals surface area contributed by atoms with Crippen LogP contribution >= 0.6 is 15.9 Å². The van der Waals surface area contributed by atoms with Crippen molar-refractivity contribution in [2.24, 2.45) is 5.41 Å². The van der Waals surface area contributed by atoms with Crippen molar-refractivity contribution in [3.8, 4) is 0 Å². The lowest BCUT2D eigenvalue weighted by Crippen LogP contribution is -2.50. The van der Waals surface area contributed by atoms with Crippen molar-refractivity contribution >= 4 is 21.8 Å². The Labute approximate surface area is 130 Å². The molecule has 0 unspecified atom stereocenters. The third kappa shape index (κ3) is 4.32. The standard InChI is InChI=1S/C16H23BrN2O/c1-16(2,3)12-18-8-10-19(11-9-18)15(20)13-4-6-14(17)7-5-13/h4-7H,8-12H2,1-3H3. The molecular formula is C16H23BrN2O. The molecule has 2 rings (SSSR count). The topological polar surface area (TPSA) is 23.6 Å². The molecule has 0 bridgehead atoms. The van der Waals surface area contributed by atoms with Crippen LogP contribution in [-0.2, 0) is 0 Å². The van der Waals surface area contributed by atoms with Gasteiger partial charge in [0.1, 0.15) is 0 Å². The highest BCUT2D eigenvalue weighted by atomic mass is 79.9. The molecule has 1 fully saturated rings. The van der Waals surface area contributed by atoms with E-state index in [9.17, 15) is 4.79 Å². The average Bonchev–Trinajstić information content (AvgIpc) is 2.38. The van der Waals surface area contributed by atoms with Crippen molar-refractivity contribution in [3.05, 3.63) is 34.3 Å². The summed E-state index contributed by atoms with van der Waals surface area (Å²) in [5.74, 6) is 0.146. The third-order valence-corrected chi connectivity index (χ3v) is 3.98. The average molecular weight is 339 g/mol. The van der Waals surface area contributed by atoms with Crippen LogP contribution in [0.2, 0.25) is 0 Å². The van der Waals surface area contributed by atoms with Crippen LogP contribution in [0, 0.1) is 5.41 Å². The highest BCUT2D eigenvalue weighted by Crippen LogP contribution is 2.18. The molecule has 0 N–H and O–H groups in total. The number of amides is 1. The highest BCUT2D eigenvalue weighted by Gasteiger charge is 2.24. The van der Waals surface area contributed by atoms with Crippen LogP contribution in [0.3, 0.4) is 0 Å². The van der Waals surface area contributed by atoms with Crippen LogP contribution in [-0.4, -0.2) is 48.4 Å². The Balaban J connectivity index is 1.90. The van der Waals surface area contributed by atoms with Crippen LogP contribution in [0.5, 0.6) is 0 Å². The van der Waals surface area contributed by atoms with Gasteiger partial charge in [-0.2, -0.15) is 0 Å². The fraction of sp³-hybridized carbons (Fsp3) is 0.562. The van der Waals surface area contributed by atoms with Gasteiger partial charge in [0.25, 0.3) is 5.91 Å². The summed E-state index contributed by atoms with van der Waals surface area (Å²) < 4.78 is 1.00. The summed E-state index contributed by atoms with van der Waals surface area (Å²) in [5.41, 5.74) is 1.09. The number of rotatable bonds is 2. The summed E-state index contributed by atoms with van der Waals surface area (Å²) in [6.45, 7) is 11.5. The maximum atomic E-state index is 12.4. The minimum atomic E-state index is 0.146. The number of carbonyl (C=O) groups excluding carboxylic acids is 1. The van der Waals surface area contributed by atoms with Crippen LogP contribution in [0.1, 0.15) is 31.1 Å². The Morgan fingerprint density at radius 3 is 2.15 bits per heavy atom. The van der Waals surface area contributed by atoms with Gasteiger partial charge in [-0.25, -0.2) is 0 Å². The zero-order valence-corrected chi connectivity index (χ0v) is 14.1. The molecule has 0 aromatic heterocycles. The smallest absolute Gasteiger partial charge is 0.253 e. The third-order valence-electron chi connectivity index (χ3n) is 3.45. The second-order valence-electron chi connectivity index (χ2n) is 6.64. The fourth-order valence-corrected chi connectivity index (χ4v) is 2.82. The molecule has 4 heteroatoms. The first-order valence-electron chi connectivity index (χ1n) is 7.12. The van der Waals surface area contributed by atoms with Gasteiger partial charge < -0.3 is 4.90 Å². The second kappa shape index (κ2) is 6.27. The van der Waals surface area contributed by atoms with E-state index < -0.39 is 0 Å². The lowest BCUT2D eigenvalue weighted by molar-refractivity contribution is 0.0592. The zero-order valence-electron chi connectivity index (χ0n) is 12.5. The van der Waals surface area contributed by atoms with Gasteiger partial charge in [0.05, 0.1) is 0 Å². The summed E-state index contributed by atoms with van der Waals surface area (Å²) in [5, 5.41) is 0. The lowest BCUT2D eigenvalue weighted by atomic mass is 9.96. The first-order chi connectivity index (χ1) is 9.35. The van der Waals surface area contributed by atoms with Gasteiger partial charge >= 0.3 is 0 Å². The van der Waals surface area contributed by atoms with E-state index in [1.165, 1.54) is 0 Å². The number of nitrogens with zero attached hydrogens (tertiary/aromatic N) is 2. The fourth-order valence-electron chi connectivity index (χ4n) is 2.55. The Kier molecular flexibility index (Phi) is 4.86. The molecule has 1 amide bonds. The molecule has 0 atom stereocenters. The van der Waals surface area contributed by atoms with E-state index >= 15 is 0 Å². The zero-order chi connectivity index (χ0) is 14.8. The Morgan fingerprint density at radius 1 is 1.10 bits per heavy atom. The van der Waals surface area contributed by atoms with Gasteiger partial charge in [0.15, 0.2) is 0 Å². The van der Waals surface area contributed by atoms with Gasteiger partial charge in [-0.05, 0) is 29.7 Å². The molecular weight excluding hydrogens is 316 g/mol. The number of benzene rings is 1. The predicted molar refractivity (Wildman–Crippen MR) is 85.9 cm³/mol. The van der Waals surface area contributed by atoms with Gasteiger partial charge in [0.2, 0.25) is 0 Å². The molecule has 1 aromatic rings. The summed E-state index contributed by atoms with van der Waals surface area (Å²) >= 11 is 3.39. The molecule has 110 valence electrons. The predicted octanol–water partition coefficient (Wildman–Crippen LogP) is 3.25.